The van der Waals surface area contributed by atoms with E-state index < -0.39 is 0 Å². The normalized spacial score (nSPS) is 15.0. The van der Waals surface area contributed by atoms with Crippen molar-refractivity contribution in [3.05, 3.63) is 77.9 Å². The number of carbonyl (C=O) groups excluding carboxylic acids is 2. The van der Waals surface area contributed by atoms with Gasteiger partial charge in [-0.05, 0) is 42.0 Å². The molecule has 0 unspecified atom stereocenters. The van der Waals surface area contributed by atoms with Crippen LogP contribution >= 0.6 is 0 Å². The van der Waals surface area contributed by atoms with E-state index in [4.69, 9.17) is 0 Å². The maximum Gasteiger partial charge on any atom is 0.168 e. The summed E-state index contributed by atoms with van der Waals surface area (Å²) in [6.07, 6.45) is 6.20. The molecule has 4 aromatic rings. The highest BCUT2D eigenvalue weighted by molar-refractivity contribution is 6.11. The van der Waals surface area contributed by atoms with Crippen LogP contribution in [-0.4, -0.2) is 16.5 Å². The largest absolute Gasteiger partial charge is 0.308 e. The van der Waals surface area contributed by atoms with Gasteiger partial charge in [-0.2, -0.15) is 0 Å². The Morgan fingerprint density at radius 1 is 0.897 bits per heavy atom. The first-order valence-electron chi connectivity index (χ1n) is 10.4. The van der Waals surface area contributed by atoms with Crippen molar-refractivity contribution in [1.82, 2.24) is 4.40 Å². The second-order valence-electron chi connectivity index (χ2n) is 7.97. The molecule has 1 saturated carbocycles. The fourth-order valence-corrected chi connectivity index (χ4v) is 4.78. The minimum absolute atomic E-state index is 0.0598. The zero-order valence-electron chi connectivity index (χ0n) is 16.3. The molecule has 3 nitrogen and oxygen atoms in total. The quantitative estimate of drug-likeness (QED) is 0.306. The molecule has 2 heterocycles. The molecule has 29 heavy (non-hydrogen) atoms. The van der Waals surface area contributed by atoms with E-state index in [1.165, 1.54) is 6.42 Å². The Morgan fingerprint density at radius 2 is 1.62 bits per heavy atom. The number of ketones is 1. The molecule has 0 amide bonds. The van der Waals surface area contributed by atoms with E-state index in [-0.39, 0.29) is 11.7 Å². The number of Topliss-reactive ketones (excluding diaryl/α,β-unsaturated/α-hetero) is 1. The van der Waals surface area contributed by atoms with E-state index in [1.54, 1.807) is 0 Å². The topological polar surface area (TPSA) is 38.5 Å². The molecular weight excluding hydrogens is 358 g/mol. The average Bonchev–Trinajstić information content (AvgIpc) is 3.20. The van der Waals surface area contributed by atoms with Gasteiger partial charge >= 0.3 is 0 Å². The van der Waals surface area contributed by atoms with Crippen LogP contribution in [0.5, 0.6) is 0 Å². The third-order valence-corrected chi connectivity index (χ3v) is 6.20. The van der Waals surface area contributed by atoms with Crippen LogP contribution in [0.4, 0.5) is 0 Å². The Morgan fingerprint density at radius 3 is 2.38 bits per heavy atom. The molecule has 5 rings (SSSR count). The van der Waals surface area contributed by atoms with Crippen molar-refractivity contribution in [2.24, 2.45) is 5.92 Å². The smallest absolute Gasteiger partial charge is 0.168 e. The summed E-state index contributed by atoms with van der Waals surface area (Å²) >= 11 is 0. The number of pyridine rings is 1. The number of hydrogen-bond acceptors (Lipinski definition) is 2. The second-order valence-corrected chi connectivity index (χ2v) is 7.97. The number of benzene rings is 2. The minimum Gasteiger partial charge on any atom is -0.308 e. The van der Waals surface area contributed by atoms with Crippen LogP contribution in [0.15, 0.2) is 66.7 Å². The molecule has 144 valence electrons. The van der Waals surface area contributed by atoms with Crippen LogP contribution in [0, 0.1) is 5.92 Å². The summed E-state index contributed by atoms with van der Waals surface area (Å²) in [5.74, 6) is 0.243. The molecule has 0 radical (unpaired) electrons. The number of aromatic nitrogens is 1. The number of fused-ring (bicyclic) bond motifs is 3. The molecule has 0 bridgehead atoms. The summed E-state index contributed by atoms with van der Waals surface area (Å²) in [5, 5.41) is 0.992. The molecule has 1 aliphatic carbocycles. The maximum atomic E-state index is 13.5. The molecule has 0 saturated heterocycles. The number of para-hydroxylation sites is 1. The average molecular weight is 381 g/mol. The van der Waals surface area contributed by atoms with Gasteiger partial charge in [0.1, 0.15) is 0 Å². The van der Waals surface area contributed by atoms with Crippen molar-refractivity contribution in [2.45, 2.75) is 32.1 Å². The third kappa shape index (κ3) is 2.98. The number of rotatable bonds is 4. The van der Waals surface area contributed by atoms with Crippen molar-refractivity contribution in [2.75, 3.05) is 0 Å². The van der Waals surface area contributed by atoms with Crippen LogP contribution in [0.25, 0.3) is 27.7 Å². The number of hydrogen-bond donors (Lipinski definition) is 0. The zero-order valence-corrected chi connectivity index (χ0v) is 16.3. The van der Waals surface area contributed by atoms with Crippen LogP contribution in [0.2, 0.25) is 0 Å². The van der Waals surface area contributed by atoms with Crippen molar-refractivity contribution >= 4 is 28.5 Å². The van der Waals surface area contributed by atoms with Crippen LogP contribution < -0.4 is 0 Å². The third-order valence-electron chi connectivity index (χ3n) is 6.20. The summed E-state index contributed by atoms with van der Waals surface area (Å²) in [4.78, 5) is 25.6. The van der Waals surface area contributed by atoms with E-state index in [0.29, 0.717) is 11.1 Å². The van der Waals surface area contributed by atoms with Gasteiger partial charge < -0.3 is 4.40 Å². The summed E-state index contributed by atoms with van der Waals surface area (Å²) in [7, 11) is 0. The lowest BCUT2D eigenvalue weighted by Gasteiger charge is -2.20. The Hall–Kier alpha value is -3.20. The molecular formula is C26H23NO2. The first-order chi connectivity index (χ1) is 14.3. The molecule has 2 aromatic heterocycles. The number of nitrogens with zero attached hydrogens (tertiary/aromatic N) is 1. The van der Waals surface area contributed by atoms with Gasteiger partial charge in [-0.15, -0.1) is 0 Å². The lowest BCUT2D eigenvalue weighted by molar-refractivity contribution is 0.0891. The second kappa shape index (κ2) is 7.32. The fraction of sp³-hybridized carbons (Fsp3) is 0.231. The highest BCUT2D eigenvalue weighted by Crippen LogP contribution is 2.35. The van der Waals surface area contributed by atoms with Gasteiger partial charge in [-0.1, -0.05) is 67.8 Å². The zero-order chi connectivity index (χ0) is 19.8. The van der Waals surface area contributed by atoms with Gasteiger partial charge in [0.25, 0.3) is 0 Å². The predicted octanol–water partition coefficient (Wildman–Crippen LogP) is 6.34. The molecule has 2 aromatic carbocycles. The Labute approximate surface area is 170 Å². The Bertz CT molecular complexity index is 1210. The summed E-state index contributed by atoms with van der Waals surface area (Å²) in [5.41, 5.74) is 5.01. The minimum atomic E-state index is 0.0598. The van der Waals surface area contributed by atoms with Crippen molar-refractivity contribution in [1.29, 1.82) is 0 Å². The first kappa shape index (κ1) is 17.9. The van der Waals surface area contributed by atoms with Crippen LogP contribution in [-0.2, 0) is 0 Å². The van der Waals surface area contributed by atoms with E-state index in [2.05, 4.69) is 22.6 Å². The molecule has 0 N–H and O–H groups in total. The molecule has 3 heteroatoms. The molecule has 1 fully saturated rings. The molecule has 1 aliphatic rings. The molecule has 0 spiro atoms. The van der Waals surface area contributed by atoms with Gasteiger partial charge in [0.05, 0.1) is 16.7 Å². The monoisotopic (exact) mass is 381 g/mol. The number of carbonyl (C=O) groups is 2. The van der Waals surface area contributed by atoms with Gasteiger partial charge in [0, 0.05) is 17.0 Å². The fourth-order valence-electron chi connectivity index (χ4n) is 4.78. The van der Waals surface area contributed by atoms with Crippen LogP contribution in [0.1, 0.15) is 52.8 Å². The van der Waals surface area contributed by atoms with Crippen molar-refractivity contribution in [3.63, 3.8) is 0 Å². The van der Waals surface area contributed by atoms with E-state index >= 15 is 0 Å². The summed E-state index contributed by atoms with van der Waals surface area (Å²) in [6, 6.07) is 22.1. The SMILES string of the molecule is O=Cc1cc2ccccc2n2c(-c3ccccc3)cc(C(=O)C3CCCCC3)c12. The van der Waals surface area contributed by atoms with Crippen LogP contribution in [0.3, 0.4) is 0 Å². The predicted molar refractivity (Wildman–Crippen MR) is 117 cm³/mol. The highest BCUT2D eigenvalue weighted by Gasteiger charge is 2.27. The van der Waals surface area contributed by atoms with Gasteiger partial charge in [-0.3, -0.25) is 9.59 Å². The Kier molecular flexibility index (Phi) is 4.51. The molecule has 0 atom stereocenters. The van der Waals surface area contributed by atoms with E-state index in [9.17, 15) is 9.59 Å². The lowest BCUT2D eigenvalue weighted by Crippen LogP contribution is -2.18. The standard InChI is InChI=1S/C26H23NO2/c28-17-21-15-20-13-7-8-14-23(20)27-24(18-9-3-1-4-10-18)16-22(25(21)27)26(29)19-11-5-2-6-12-19/h1,3-4,7-10,13-17,19H,2,5-6,11-12H2. The highest BCUT2D eigenvalue weighted by atomic mass is 16.1. The summed E-state index contributed by atoms with van der Waals surface area (Å²) in [6.45, 7) is 0. The molecule has 0 aliphatic heterocycles. The van der Waals surface area contributed by atoms with E-state index in [0.717, 1.165) is 59.6 Å². The maximum absolute atomic E-state index is 13.5. The Balaban J connectivity index is 1.85. The number of aldehydes is 1. The van der Waals surface area contributed by atoms with E-state index in [1.807, 2.05) is 48.5 Å². The first-order valence-corrected chi connectivity index (χ1v) is 10.4. The lowest BCUT2D eigenvalue weighted by atomic mass is 9.83. The van der Waals surface area contributed by atoms with Gasteiger partial charge in [0.2, 0.25) is 0 Å². The van der Waals surface area contributed by atoms with Gasteiger partial charge in [0.15, 0.2) is 12.1 Å². The van der Waals surface area contributed by atoms with Crippen molar-refractivity contribution < 1.29 is 9.59 Å². The van der Waals surface area contributed by atoms with Crippen molar-refractivity contribution in [3.8, 4) is 11.3 Å². The van der Waals surface area contributed by atoms with Gasteiger partial charge in [-0.25, -0.2) is 0 Å². The summed E-state index contributed by atoms with van der Waals surface area (Å²) < 4.78 is 2.10.